The topological polar surface area (TPSA) is 70.7 Å². The second-order valence-corrected chi connectivity index (χ2v) is 5.39. The third-order valence-electron chi connectivity index (χ3n) is 3.06. The van der Waals surface area contributed by atoms with Crippen molar-refractivity contribution in [2.45, 2.75) is 6.42 Å². The van der Waals surface area contributed by atoms with Crippen LogP contribution in [0.3, 0.4) is 0 Å². The molecule has 5 nitrogen and oxygen atoms in total. The number of benzene rings is 1. The van der Waals surface area contributed by atoms with Crippen LogP contribution in [0.4, 0.5) is 0 Å². The number of nitrogens with one attached hydrogen (secondary N) is 2. The summed E-state index contributed by atoms with van der Waals surface area (Å²) >= 11 is 3.32. The number of carbonyl (C=O) groups excluding carboxylic acids is 1. The molecule has 0 spiro atoms. The van der Waals surface area contributed by atoms with Gasteiger partial charge in [0.25, 0.3) is 5.91 Å². The van der Waals surface area contributed by atoms with Crippen molar-refractivity contribution in [1.82, 2.24) is 20.3 Å². The van der Waals surface area contributed by atoms with Crippen LogP contribution < -0.4 is 5.32 Å². The Morgan fingerprint density at radius 2 is 2.10 bits per heavy atom. The molecule has 6 heteroatoms. The molecule has 3 rings (SSSR count). The van der Waals surface area contributed by atoms with Crippen LogP contribution in [-0.2, 0) is 6.42 Å². The lowest BCUT2D eigenvalue weighted by Crippen LogP contribution is -2.27. The minimum absolute atomic E-state index is 0.196. The minimum atomic E-state index is -0.196. The lowest BCUT2D eigenvalue weighted by atomic mass is 10.3. The fraction of sp³-hybridized carbons (Fsp3) is 0.133. The van der Waals surface area contributed by atoms with E-state index in [0.717, 1.165) is 16.9 Å². The number of para-hydroxylation sites is 2. The number of nitrogens with zero attached hydrogens (tertiary/aromatic N) is 2. The number of fused-ring (bicyclic) bond motifs is 1. The highest BCUT2D eigenvalue weighted by Crippen LogP contribution is 2.13. The van der Waals surface area contributed by atoms with Gasteiger partial charge in [-0.25, -0.2) is 9.97 Å². The number of halogens is 1. The molecule has 0 fully saturated rings. The maximum Gasteiger partial charge on any atom is 0.271 e. The summed E-state index contributed by atoms with van der Waals surface area (Å²) in [6.07, 6.45) is 2.24. The van der Waals surface area contributed by atoms with E-state index in [1.807, 2.05) is 24.3 Å². The van der Waals surface area contributed by atoms with Gasteiger partial charge < -0.3 is 10.3 Å². The molecule has 0 aliphatic rings. The Balaban J connectivity index is 1.61. The molecule has 1 aromatic carbocycles. The zero-order chi connectivity index (χ0) is 14.7. The molecule has 1 amide bonds. The molecular formula is C15H13BrN4O. The van der Waals surface area contributed by atoms with E-state index in [1.165, 1.54) is 0 Å². The first kappa shape index (κ1) is 13.8. The lowest BCUT2D eigenvalue weighted by molar-refractivity contribution is 0.0948. The van der Waals surface area contributed by atoms with Gasteiger partial charge in [-0.2, -0.15) is 0 Å². The number of carbonyl (C=O) groups is 1. The number of amides is 1. The molecule has 0 radical (unpaired) electrons. The van der Waals surface area contributed by atoms with Gasteiger partial charge in [-0.05, 0) is 40.2 Å². The third-order valence-corrected chi connectivity index (χ3v) is 3.70. The molecule has 0 saturated heterocycles. The molecule has 0 unspecified atom stereocenters. The van der Waals surface area contributed by atoms with Gasteiger partial charge >= 0.3 is 0 Å². The predicted octanol–water partition coefficient (Wildman–Crippen LogP) is 2.69. The average molecular weight is 345 g/mol. The molecule has 0 aliphatic heterocycles. The number of rotatable bonds is 4. The Morgan fingerprint density at radius 1 is 1.24 bits per heavy atom. The highest BCUT2D eigenvalue weighted by molar-refractivity contribution is 9.10. The van der Waals surface area contributed by atoms with Crippen molar-refractivity contribution in [1.29, 1.82) is 0 Å². The van der Waals surface area contributed by atoms with Gasteiger partial charge in [0.05, 0.1) is 11.0 Å². The fourth-order valence-corrected chi connectivity index (χ4v) is 2.49. The van der Waals surface area contributed by atoms with Gasteiger partial charge in [-0.1, -0.05) is 12.1 Å². The van der Waals surface area contributed by atoms with Gasteiger partial charge in [0.1, 0.15) is 11.5 Å². The molecule has 0 aliphatic carbocycles. The van der Waals surface area contributed by atoms with Crippen molar-refractivity contribution in [2.24, 2.45) is 0 Å². The molecular weight excluding hydrogens is 332 g/mol. The number of pyridine rings is 1. The van der Waals surface area contributed by atoms with E-state index >= 15 is 0 Å². The van der Waals surface area contributed by atoms with Crippen LogP contribution in [0.5, 0.6) is 0 Å². The highest BCUT2D eigenvalue weighted by atomic mass is 79.9. The molecule has 0 saturated carbocycles. The summed E-state index contributed by atoms with van der Waals surface area (Å²) in [5, 5.41) is 2.84. The molecule has 21 heavy (non-hydrogen) atoms. The Labute approximate surface area is 129 Å². The van der Waals surface area contributed by atoms with Crippen molar-refractivity contribution >= 4 is 32.9 Å². The van der Waals surface area contributed by atoms with Crippen LogP contribution >= 0.6 is 15.9 Å². The second kappa shape index (κ2) is 6.05. The fourth-order valence-electron chi connectivity index (χ4n) is 2.05. The first-order chi connectivity index (χ1) is 10.2. The van der Waals surface area contributed by atoms with Gasteiger partial charge in [0.15, 0.2) is 0 Å². The molecule has 2 aromatic heterocycles. The van der Waals surface area contributed by atoms with Crippen LogP contribution in [0.1, 0.15) is 16.3 Å². The number of H-pyrrole nitrogens is 1. The quantitative estimate of drug-likeness (QED) is 0.764. The second-order valence-electron chi connectivity index (χ2n) is 4.54. The molecule has 106 valence electrons. The predicted molar refractivity (Wildman–Crippen MR) is 84.1 cm³/mol. The molecule has 2 heterocycles. The SMILES string of the molecule is O=C(NCCc1nc2ccccc2[nH]1)c1ncccc1Br. The summed E-state index contributed by atoms with van der Waals surface area (Å²) in [4.78, 5) is 23.8. The summed E-state index contributed by atoms with van der Waals surface area (Å²) in [6.45, 7) is 0.502. The van der Waals surface area contributed by atoms with Crippen molar-refractivity contribution in [3.8, 4) is 0 Å². The summed E-state index contributed by atoms with van der Waals surface area (Å²) in [5.74, 6) is 0.662. The average Bonchev–Trinajstić information content (AvgIpc) is 2.90. The van der Waals surface area contributed by atoms with Crippen LogP contribution in [-0.4, -0.2) is 27.4 Å². The maximum absolute atomic E-state index is 12.0. The monoisotopic (exact) mass is 344 g/mol. The normalized spacial score (nSPS) is 10.7. The Kier molecular flexibility index (Phi) is 3.96. The van der Waals surface area contributed by atoms with Crippen LogP contribution in [0.15, 0.2) is 47.1 Å². The van der Waals surface area contributed by atoms with Crippen molar-refractivity contribution < 1.29 is 4.79 Å². The lowest BCUT2D eigenvalue weighted by Gasteiger charge is -2.04. The number of aromatic nitrogens is 3. The van der Waals surface area contributed by atoms with E-state index in [2.05, 4.69) is 36.2 Å². The molecule has 3 aromatic rings. The first-order valence-corrected chi connectivity index (χ1v) is 7.35. The molecule has 0 bridgehead atoms. The van der Waals surface area contributed by atoms with E-state index in [-0.39, 0.29) is 5.91 Å². The standard InChI is InChI=1S/C15H13BrN4O/c16-10-4-3-8-17-14(10)15(21)18-9-7-13-19-11-5-1-2-6-12(11)20-13/h1-6,8H,7,9H2,(H,18,21)(H,19,20). The van der Waals surface area contributed by atoms with E-state index in [9.17, 15) is 4.79 Å². The zero-order valence-electron chi connectivity index (χ0n) is 11.1. The number of aromatic amines is 1. The van der Waals surface area contributed by atoms with E-state index < -0.39 is 0 Å². The smallest absolute Gasteiger partial charge is 0.271 e. The number of hydrogen-bond acceptors (Lipinski definition) is 3. The van der Waals surface area contributed by atoms with Crippen molar-refractivity contribution in [3.05, 3.63) is 58.6 Å². The van der Waals surface area contributed by atoms with Gasteiger partial charge in [0.2, 0.25) is 0 Å². The Bertz CT molecular complexity index is 751. The maximum atomic E-state index is 12.0. The zero-order valence-corrected chi connectivity index (χ0v) is 12.7. The van der Waals surface area contributed by atoms with Gasteiger partial charge in [-0.15, -0.1) is 0 Å². The van der Waals surface area contributed by atoms with Crippen LogP contribution in [0.2, 0.25) is 0 Å². The number of imidazole rings is 1. The van der Waals surface area contributed by atoms with Crippen LogP contribution in [0, 0.1) is 0 Å². The van der Waals surface area contributed by atoms with Gasteiger partial charge in [0, 0.05) is 23.6 Å². The Hall–Kier alpha value is -2.21. The van der Waals surface area contributed by atoms with E-state index in [4.69, 9.17) is 0 Å². The molecule has 0 atom stereocenters. The highest BCUT2D eigenvalue weighted by Gasteiger charge is 2.10. The minimum Gasteiger partial charge on any atom is -0.350 e. The number of hydrogen-bond donors (Lipinski definition) is 2. The van der Waals surface area contributed by atoms with E-state index in [0.29, 0.717) is 23.1 Å². The summed E-state index contributed by atoms with van der Waals surface area (Å²) < 4.78 is 0.686. The Morgan fingerprint density at radius 3 is 2.90 bits per heavy atom. The van der Waals surface area contributed by atoms with Crippen molar-refractivity contribution in [2.75, 3.05) is 6.54 Å². The molecule has 2 N–H and O–H groups in total. The van der Waals surface area contributed by atoms with Gasteiger partial charge in [-0.3, -0.25) is 4.79 Å². The summed E-state index contributed by atoms with van der Waals surface area (Å²) in [5.41, 5.74) is 2.33. The summed E-state index contributed by atoms with van der Waals surface area (Å²) in [7, 11) is 0. The van der Waals surface area contributed by atoms with Crippen LogP contribution in [0.25, 0.3) is 11.0 Å². The van der Waals surface area contributed by atoms with E-state index in [1.54, 1.807) is 18.3 Å². The third kappa shape index (κ3) is 3.11. The summed E-state index contributed by atoms with van der Waals surface area (Å²) in [6, 6.07) is 11.4. The largest absolute Gasteiger partial charge is 0.350 e. The first-order valence-electron chi connectivity index (χ1n) is 6.56. The van der Waals surface area contributed by atoms with Crippen molar-refractivity contribution in [3.63, 3.8) is 0 Å².